The van der Waals surface area contributed by atoms with Gasteiger partial charge >= 0.3 is 0 Å². The number of nitrogens with one attached hydrogen (secondary N) is 1. The Bertz CT molecular complexity index is 629. The lowest BCUT2D eigenvalue weighted by Crippen LogP contribution is -2.32. The van der Waals surface area contributed by atoms with Crippen molar-refractivity contribution in [2.45, 2.75) is 65.1 Å². The molecule has 0 bridgehead atoms. The average Bonchev–Trinajstić information content (AvgIpc) is 3.17. The second-order valence-corrected chi connectivity index (χ2v) is 7.42. The fourth-order valence-electron chi connectivity index (χ4n) is 3.66. The molecule has 0 aliphatic carbocycles. The lowest BCUT2D eigenvalue weighted by molar-refractivity contribution is 0.205. The van der Waals surface area contributed by atoms with Gasteiger partial charge in [0.15, 0.2) is 0 Å². The highest BCUT2D eigenvalue weighted by atomic mass is 19.1. The van der Waals surface area contributed by atoms with E-state index in [4.69, 9.17) is 0 Å². The molecule has 4 nitrogen and oxygen atoms in total. The van der Waals surface area contributed by atoms with Crippen molar-refractivity contribution in [3.63, 3.8) is 0 Å². The number of nitrogens with zero attached hydrogens (tertiary/aromatic N) is 3. The Morgan fingerprint density at radius 3 is 2.63 bits per heavy atom. The van der Waals surface area contributed by atoms with Crippen LogP contribution < -0.4 is 0 Å². The fraction of sp³-hybridized carbons (Fsp3) is 0.591. The third kappa shape index (κ3) is 7.43. The summed E-state index contributed by atoms with van der Waals surface area (Å²) in [6.07, 6.45) is 11.4. The summed E-state index contributed by atoms with van der Waals surface area (Å²) in [5.41, 5.74) is 1.89. The molecule has 0 amide bonds. The van der Waals surface area contributed by atoms with Crippen LogP contribution in [0.15, 0.2) is 36.8 Å². The van der Waals surface area contributed by atoms with Crippen LogP contribution >= 0.6 is 0 Å². The Morgan fingerprint density at radius 1 is 1.15 bits per heavy atom. The molecule has 150 valence electrons. The number of hydrogen-bond acceptors (Lipinski definition) is 3. The number of aromatic nitrogens is 2. The van der Waals surface area contributed by atoms with Gasteiger partial charge in [0, 0.05) is 43.3 Å². The molecule has 2 aromatic rings. The van der Waals surface area contributed by atoms with E-state index in [1.165, 1.54) is 31.0 Å². The Balaban J connectivity index is 1.85. The number of aromatic amines is 1. The lowest BCUT2D eigenvalue weighted by Gasteiger charge is -2.27. The third-order valence-corrected chi connectivity index (χ3v) is 5.25. The van der Waals surface area contributed by atoms with Gasteiger partial charge in [-0.2, -0.15) is 4.39 Å². The molecule has 0 saturated carbocycles. The highest BCUT2D eigenvalue weighted by molar-refractivity contribution is 5.12. The number of halogens is 1. The highest BCUT2D eigenvalue weighted by Crippen LogP contribution is 2.14. The van der Waals surface area contributed by atoms with Gasteiger partial charge in [0.25, 0.3) is 0 Å². The molecule has 2 rings (SSSR count). The van der Waals surface area contributed by atoms with Gasteiger partial charge in [-0.3, -0.25) is 4.90 Å². The van der Waals surface area contributed by atoms with Crippen LogP contribution in [0, 0.1) is 5.95 Å². The maximum Gasteiger partial charge on any atom is 0.217 e. The Kier molecular flexibility index (Phi) is 9.50. The van der Waals surface area contributed by atoms with E-state index in [2.05, 4.69) is 46.7 Å². The summed E-state index contributed by atoms with van der Waals surface area (Å²) in [6, 6.07) is 6.41. The monoisotopic (exact) mass is 374 g/mol. The van der Waals surface area contributed by atoms with E-state index in [1.54, 1.807) is 6.07 Å². The molecule has 0 saturated heterocycles. The molecule has 0 aromatic carbocycles. The first-order chi connectivity index (χ1) is 13.1. The van der Waals surface area contributed by atoms with Crippen LogP contribution in [0.2, 0.25) is 0 Å². The molecule has 1 unspecified atom stereocenters. The Labute approximate surface area is 163 Å². The summed E-state index contributed by atoms with van der Waals surface area (Å²) in [4.78, 5) is 11.7. The maximum absolute atomic E-state index is 14.0. The fourth-order valence-corrected chi connectivity index (χ4v) is 3.66. The van der Waals surface area contributed by atoms with Crippen LogP contribution in [0.25, 0.3) is 0 Å². The number of rotatable bonds is 13. The first-order valence-electron chi connectivity index (χ1n) is 10.3. The van der Waals surface area contributed by atoms with Crippen molar-refractivity contribution in [2.24, 2.45) is 0 Å². The van der Waals surface area contributed by atoms with E-state index in [-0.39, 0.29) is 5.95 Å². The SMILES string of the molecule is CCCC(CC)N(C)CCCCN(Cc1cc[nH]c1)Cc1cccnc1F. The maximum atomic E-state index is 14.0. The molecule has 2 heterocycles. The van der Waals surface area contributed by atoms with Crippen LogP contribution in [-0.2, 0) is 13.1 Å². The summed E-state index contributed by atoms with van der Waals surface area (Å²) in [5, 5.41) is 0. The minimum Gasteiger partial charge on any atom is -0.367 e. The van der Waals surface area contributed by atoms with Crippen molar-refractivity contribution in [3.8, 4) is 0 Å². The number of pyridine rings is 1. The summed E-state index contributed by atoms with van der Waals surface area (Å²) < 4.78 is 14.0. The van der Waals surface area contributed by atoms with Gasteiger partial charge in [-0.15, -0.1) is 0 Å². The van der Waals surface area contributed by atoms with Gasteiger partial charge in [-0.05, 0) is 63.5 Å². The molecule has 1 N–H and O–H groups in total. The predicted octanol–water partition coefficient (Wildman–Crippen LogP) is 4.84. The number of unbranched alkanes of at least 4 members (excludes halogenated alkanes) is 1. The summed E-state index contributed by atoms with van der Waals surface area (Å²) >= 11 is 0. The molecule has 1 atom stereocenters. The van der Waals surface area contributed by atoms with E-state index in [9.17, 15) is 4.39 Å². The largest absolute Gasteiger partial charge is 0.367 e. The summed E-state index contributed by atoms with van der Waals surface area (Å²) in [7, 11) is 2.24. The Hall–Kier alpha value is -1.72. The topological polar surface area (TPSA) is 35.2 Å². The van der Waals surface area contributed by atoms with Crippen LogP contribution in [0.3, 0.4) is 0 Å². The molecule has 5 heteroatoms. The van der Waals surface area contributed by atoms with E-state index < -0.39 is 0 Å². The van der Waals surface area contributed by atoms with Crippen LogP contribution in [0.4, 0.5) is 4.39 Å². The minimum absolute atomic E-state index is 0.360. The van der Waals surface area contributed by atoms with E-state index in [0.717, 1.165) is 32.5 Å². The first-order valence-corrected chi connectivity index (χ1v) is 10.3. The predicted molar refractivity (Wildman–Crippen MR) is 110 cm³/mol. The van der Waals surface area contributed by atoms with Gasteiger partial charge in [0.2, 0.25) is 5.95 Å². The van der Waals surface area contributed by atoms with Gasteiger partial charge in [-0.25, -0.2) is 4.98 Å². The van der Waals surface area contributed by atoms with Crippen molar-refractivity contribution in [1.29, 1.82) is 0 Å². The van der Waals surface area contributed by atoms with Crippen molar-refractivity contribution in [1.82, 2.24) is 19.8 Å². The Morgan fingerprint density at radius 2 is 1.96 bits per heavy atom. The second kappa shape index (κ2) is 11.9. The molecule has 0 spiro atoms. The van der Waals surface area contributed by atoms with Crippen LogP contribution in [0.5, 0.6) is 0 Å². The standard InChI is InChI=1S/C22H35FN4/c1-4-9-21(5-2)26(3)14-6-7-15-27(17-19-11-13-24-16-19)18-20-10-8-12-25-22(20)23/h8,10-13,16,21,24H,4-7,9,14-15,17-18H2,1-3H3. The molecule has 0 aliphatic heterocycles. The smallest absolute Gasteiger partial charge is 0.217 e. The molecular formula is C22H35FN4. The number of H-pyrrole nitrogens is 1. The third-order valence-electron chi connectivity index (χ3n) is 5.25. The van der Waals surface area contributed by atoms with E-state index in [1.807, 2.05) is 18.5 Å². The van der Waals surface area contributed by atoms with Crippen molar-refractivity contribution in [3.05, 3.63) is 53.9 Å². The highest BCUT2D eigenvalue weighted by Gasteiger charge is 2.13. The van der Waals surface area contributed by atoms with Gasteiger partial charge in [-0.1, -0.05) is 26.3 Å². The minimum atomic E-state index is -0.360. The van der Waals surface area contributed by atoms with E-state index >= 15 is 0 Å². The zero-order chi connectivity index (χ0) is 19.5. The molecule has 0 fully saturated rings. The van der Waals surface area contributed by atoms with Crippen molar-refractivity contribution in [2.75, 3.05) is 20.1 Å². The van der Waals surface area contributed by atoms with Crippen LogP contribution in [0.1, 0.15) is 57.1 Å². The lowest BCUT2D eigenvalue weighted by atomic mass is 10.1. The van der Waals surface area contributed by atoms with Crippen molar-refractivity contribution < 1.29 is 4.39 Å². The van der Waals surface area contributed by atoms with Gasteiger partial charge < -0.3 is 9.88 Å². The molecule has 2 aromatic heterocycles. The van der Waals surface area contributed by atoms with Crippen molar-refractivity contribution >= 4 is 0 Å². The number of hydrogen-bond donors (Lipinski definition) is 1. The molecule has 27 heavy (non-hydrogen) atoms. The summed E-state index contributed by atoms with van der Waals surface area (Å²) in [5.74, 6) is -0.360. The second-order valence-electron chi connectivity index (χ2n) is 7.42. The van der Waals surface area contributed by atoms with E-state index in [0.29, 0.717) is 18.2 Å². The van der Waals surface area contributed by atoms with Gasteiger partial charge in [0.05, 0.1) is 0 Å². The molecule has 0 radical (unpaired) electrons. The summed E-state index contributed by atoms with van der Waals surface area (Å²) in [6.45, 7) is 8.02. The zero-order valence-electron chi connectivity index (χ0n) is 17.1. The quantitative estimate of drug-likeness (QED) is 0.402. The first kappa shape index (κ1) is 21.6. The van der Waals surface area contributed by atoms with Gasteiger partial charge in [0.1, 0.15) is 0 Å². The normalized spacial score (nSPS) is 12.8. The molecular weight excluding hydrogens is 339 g/mol. The zero-order valence-corrected chi connectivity index (χ0v) is 17.1. The van der Waals surface area contributed by atoms with Crippen LogP contribution in [-0.4, -0.2) is 45.9 Å². The average molecular weight is 375 g/mol. The molecule has 0 aliphatic rings.